The number of rotatable bonds is 3. The molecule has 1 aromatic carbocycles. The molecule has 0 saturated carbocycles. The van der Waals surface area contributed by atoms with Crippen LogP contribution in [0.25, 0.3) is 0 Å². The summed E-state index contributed by atoms with van der Waals surface area (Å²) in [4.78, 5) is -0.0950. The van der Waals surface area contributed by atoms with Gasteiger partial charge in [-0.3, -0.25) is 0 Å². The molecule has 0 unspecified atom stereocenters. The van der Waals surface area contributed by atoms with E-state index in [1.807, 2.05) is 0 Å². The lowest BCUT2D eigenvalue weighted by molar-refractivity contribution is 0.410. The van der Waals surface area contributed by atoms with Gasteiger partial charge in [-0.2, -0.15) is 5.26 Å². The van der Waals surface area contributed by atoms with Crippen LogP contribution in [-0.4, -0.2) is 27.5 Å². The predicted octanol–water partition coefficient (Wildman–Crippen LogP) is -0.0525. The van der Waals surface area contributed by atoms with Crippen LogP contribution in [0.4, 0.5) is 4.39 Å². The first-order chi connectivity index (χ1) is 8.03. The predicted molar refractivity (Wildman–Crippen MR) is 58.1 cm³/mol. The Morgan fingerprint density at radius 3 is 2.71 bits per heavy atom. The molecule has 0 atom stereocenters. The number of benzene rings is 1. The second-order valence-corrected chi connectivity index (χ2v) is 5.44. The van der Waals surface area contributed by atoms with Crippen LogP contribution in [0.3, 0.4) is 0 Å². The van der Waals surface area contributed by atoms with Gasteiger partial charge in [0.15, 0.2) is 0 Å². The third kappa shape index (κ3) is 2.44. The molecule has 90 valence electrons. The van der Waals surface area contributed by atoms with Crippen LogP contribution in [0.5, 0.6) is 0 Å². The van der Waals surface area contributed by atoms with Gasteiger partial charge < -0.3 is 5.32 Å². The van der Waals surface area contributed by atoms with E-state index in [4.69, 9.17) is 5.26 Å². The summed E-state index contributed by atoms with van der Waals surface area (Å²) < 4.78 is 39.2. The van der Waals surface area contributed by atoms with E-state index < -0.39 is 15.8 Å². The zero-order chi connectivity index (χ0) is 12.5. The van der Waals surface area contributed by atoms with Crippen LogP contribution in [0.1, 0.15) is 5.56 Å². The Labute approximate surface area is 98.3 Å². The molecular formula is C10H10FN3O2S. The standard InChI is InChI=1S/C10H10FN3O2S/c11-10-2-1-9(3-7(10)4-12)17(15,16)14-8-5-13-6-8/h1-3,8,13-14H,5-6H2. The highest BCUT2D eigenvalue weighted by molar-refractivity contribution is 7.89. The molecule has 2 rings (SSSR count). The molecule has 0 aromatic heterocycles. The van der Waals surface area contributed by atoms with Crippen LogP contribution in [-0.2, 0) is 10.0 Å². The van der Waals surface area contributed by atoms with Gasteiger partial charge in [0.1, 0.15) is 11.9 Å². The summed E-state index contributed by atoms with van der Waals surface area (Å²) in [7, 11) is -3.68. The molecule has 1 saturated heterocycles. The van der Waals surface area contributed by atoms with E-state index in [0.717, 1.165) is 18.2 Å². The summed E-state index contributed by atoms with van der Waals surface area (Å²) in [5, 5.41) is 11.6. The van der Waals surface area contributed by atoms with Gasteiger partial charge in [0.25, 0.3) is 0 Å². The summed E-state index contributed by atoms with van der Waals surface area (Å²) in [6.07, 6.45) is 0. The number of halogens is 1. The van der Waals surface area contributed by atoms with Crippen molar-refractivity contribution in [2.45, 2.75) is 10.9 Å². The second-order valence-electron chi connectivity index (χ2n) is 3.73. The molecule has 0 spiro atoms. The summed E-state index contributed by atoms with van der Waals surface area (Å²) in [5.74, 6) is -0.725. The quantitative estimate of drug-likeness (QED) is 0.793. The van der Waals surface area contributed by atoms with Crippen LogP contribution in [0.2, 0.25) is 0 Å². The van der Waals surface area contributed by atoms with Crippen molar-refractivity contribution >= 4 is 10.0 Å². The first-order valence-electron chi connectivity index (χ1n) is 4.95. The Bertz CT molecular complexity index is 576. The van der Waals surface area contributed by atoms with Crippen molar-refractivity contribution in [1.29, 1.82) is 5.26 Å². The van der Waals surface area contributed by atoms with Crippen molar-refractivity contribution in [3.05, 3.63) is 29.6 Å². The Morgan fingerprint density at radius 1 is 1.47 bits per heavy atom. The van der Waals surface area contributed by atoms with E-state index in [2.05, 4.69) is 10.0 Å². The lowest BCUT2D eigenvalue weighted by Gasteiger charge is -2.27. The normalized spacial score (nSPS) is 16.2. The molecule has 2 N–H and O–H groups in total. The fourth-order valence-electron chi connectivity index (χ4n) is 1.42. The lowest BCUT2D eigenvalue weighted by Crippen LogP contribution is -2.56. The van der Waals surface area contributed by atoms with Gasteiger partial charge in [-0.25, -0.2) is 17.5 Å². The number of sulfonamides is 1. The fraction of sp³-hybridized carbons (Fsp3) is 0.300. The average molecular weight is 255 g/mol. The molecule has 17 heavy (non-hydrogen) atoms. The van der Waals surface area contributed by atoms with Gasteiger partial charge >= 0.3 is 0 Å². The van der Waals surface area contributed by atoms with Crippen molar-refractivity contribution in [2.75, 3.05) is 13.1 Å². The van der Waals surface area contributed by atoms with Gasteiger partial charge in [-0.1, -0.05) is 0 Å². The molecule has 1 aromatic rings. The monoisotopic (exact) mass is 255 g/mol. The van der Waals surface area contributed by atoms with Gasteiger partial charge in [0, 0.05) is 19.1 Å². The molecular weight excluding hydrogens is 245 g/mol. The van der Waals surface area contributed by atoms with Crippen LogP contribution < -0.4 is 10.0 Å². The van der Waals surface area contributed by atoms with Crippen LogP contribution >= 0.6 is 0 Å². The van der Waals surface area contributed by atoms with E-state index in [1.54, 1.807) is 6.07 Å². The van der Waals surface area contributed by atoms with Crippen molar-refractivity contribution in [3.63, 3.8) is 0 Å². The summed E-state index contributed by atoms with van der Waals surface area (Å²) >= 11 is 0. The van der Waals surface area contributed by atoms with Gasteiger partial charge in [-0.15, -0.1) is 0 Å². The van der Waals surface area contributed by atoms with Gasteiger partial charge in [0.05, 0.1) is 10.5 Å². The van der Waals surface area contributed by atoms with E-state index in [-0.39, 0.29) is 16.5 Å². The molecule has 1 fully saturated rings. The van der Waals surface area contributed by atoms with Crippen LogP contribution in [0, 0.1) is 17.1 Å². The van der Waals surface area contributed by atoms with E-state index in [1.165, 1.54) is 0 Å². The maximum absolute atomic E-state index is 13.1. The number of hydrogen-bond donors (Lipinski definition) is 2. The highest BCUT2D eigenvalue weighted by Crippen LogP contribution is 2.15. The van der Waals surface area contributed by atoms with Crippen molar-refractivity contribution in [1.82, 2.24) is 10.0 Å². The van der Waals surface area contributed by atoms with E-state index in [0.29, 0.717) is 13.1 Å². The highest BCUT2D eigenvalue weighted by Gasteiger charge is 2.24. The maximum atomic E-state index is 13.1. The summed E-state index contributed by atoms with van der Waals surface area (Å²) in [6.45, 7) is 1.15. The molecule has 0 radical (unpaired) electrons. The summed E-state index contributed by atoms with van der Waals surface area (Å²) in [6, 6.07) is 4.62. The third-order valence-corrected chi connectivity index (χ3v) is 3.99. The number of nitriles is 1. The number of nitrogens with zero attached hydrogens (tertiary/aromatic N) is 1. The molecule has 0 aliphatic carbocycles. The largest absolute Gasteiger partial charge is 0.313 e. The Hall–Kier alpha value is -1.49. The van der Waals surface area contributed by atoms with E-state index in [9.17, 15) is 12.8 Å². The summed E-state index contributed by atoms with van der Waals surface area (Å²) in [5.41, 5.74) is -0.278. The third-order valence-electron chi connectivity index (χ3n) is 2.47. The SMILES string of the molecule is N#Cc1cc(S(=O)(=O)NC2CNC2)ccc1F. The van der Waals surface area contributed by atoms with Crippen LogP contribution in [0.15, 0.2) is 23.1 Å². The number of nitrogens with one attached hydrogen (secondary N) is 2. The minimum absolute atomic E-state index is 0.0950. The van der Waals surface area contributed by atoms with Gasteiger partial charge in [-0.05, 0) is 18.2 Å². The topological polar surface area (TPSA) is 82.0 Å². The zero-order valence-electron chi connectivity index (χ0n) is 8.77. The molecule has 1 aliphatic heterocycles. The smallest absolute Gasteiger partial charge is 0.240 e. The Balaban J connectivity index is 2.29. The Morgan fingerprint density at radius 2 is 2.18 bits per heavy atom. The van der Waals surface area contributed by atoms with E-state index >= 15 is 0 Å². The average Bonchev–Trinajstić information content (AvgIpc) is 2.24. The molecule has 0 amide bonds. The maximum Gasteiger partial charge on any atom is 0.240 e. The first-order valence-corrected chi connectivity index (χ1v) is 6.44. The van der Waals surface area contributed by atoms with Crippen molar-refractivity contribution < 1.29 is 12.8 Å². The zero-order valence-corrected chi connectivity index (χ0v) is 9.59. The second kappa shape index (κ2) is 4.41. The van der Waals surface area contributed by atoms with Crippen molar-refractivity contribution in [2.24, 2.45) is 0 Å². The molecule has 0 bridgehead atoms. The number of hydrogen-bond acceptors (Lipinski definition) is 4. The highest BCUT2D eigenvalue weighted by atomic mass is 32.2. The molecule has 1 aliphatic rings. The fourth-order valence-corrected chi connectivity index (χ4v) is 2.68. The molecule has 5 nitrogen and oxygen atoms in total. The molecule has 1 heterocycles. The minimum Gasteiger partial charge on any atom is -0.313 e. The lowest BCUT2D eigenvalue weighted by atomic mass is 10.2. The van der Waals surface area contributed by atoms with Gasteiger partial charge in [0.2, 0.25) is 10.0 Å². The van der Waals surface area contributed by atoms with Crippen molar-refractivity contribution in [3.8, 4) is 6.07 Å². The minimum atomic E-state index is -3.68. The Kier molecular flexibility index (Phi) is 3.11. The molecule has 7 heteroatoms. The first kappa shape index (κ1) is 12.0.